The van der Waals surface area contributed by atoms with Crippen molar-refractivity contribution in [1.29, 1.82) is 0 Å². The predicted octanol–water partition coefficient (Wildman–Crippen LogP) is 0.0626. The second-order valence-electron chi connectivity index (χ2n) is 2.84. The average Bonchev–Trinajstić information content (AvgIpc) is 2.52. The summed E-state index contributed by atoms with van der Waals surface area (Å²) < 4.78 is 12.7. The van der Waals surface area contributed by atoms with E-state index in [-0.39, 0.29) is 12.5 Å². The van der Waals surface area contributed by atoms with Crippen molar-refractivity contribution in [3.05, 3.63) is 24.3 Å². The Hall–Kier alpha value is -1.69. The summed E-state index contributed by atoms with van der Waals surface area (Å²) in [6, 6.07) is 2.32. The Morgan fingerprint density at radius 1 is 1.71 bits per heavy atom. The number of hydrogen-bond acceptors (Lipinski definition) is 4. The van der Waals surface area contributed by atoms with Crippen LogP contribution in [-0.2, 0) is 9.63 Å². The molecule has 1 fully saturated rings. The van der Waals surface area contributed by atoms with Gasteiger partial charge in [0.05, 0.1) is 0 Å². The molecule has 0 radical (unpaired) electrons. The molecule has 74 valence electrons. The van der Waals surface area contributed by atoms with Crippen molar-refractivity contribution >= 4 is 11.6 Å². The smallest absolute Gasteiger partial charge is 0.268 e. The molecule has 1 aromatic rings. The lowest BCUT2D eigenvalue weighted by Crippen LogP contribution is -2.30. The highest BCUT2D eigenvalue weighted by Crippen LogP contribution is 2.10. The lowest BCUT2D eigenvalue weighted by molar-refractivity contribution is -0.124. The monoisotopic (exact) mass is 197 g/mol. The Kier molecular flexibility index (Phi) is 2.28. The second kappa shape index (κ2) is 3.59. The van der Waals surface area contributed by atoms with Gasteiger partial charge in [0, 0.05) is 18.0 Å². The molecule has 0 aromatic carbocycles. The van der Waals surface area contributed by atoms with E-state index in [9.17, 15) is 9.18 Å². The molecule has 14 heavy (non-hydrogen) atoms. The molecule has 1 unspecified atom stereocenters. The number of hydrogen-bond donors (Lipinski definition) is 2. The highest BCUT2D eigenvalue weighted by Gasteiger charge is 2.25. The molecule has 0 aliphatic carbocycles. The number of pyridine rings is 1. The van der Waals surface area contributed by atoms with Crippen LogP contribution in [0.5, 0.6) is 0 Å². The average molecular weight is 197 g/mol. The second-order valence-corrected chi connectivity index (χ2v) is 2.84. The molecule has 1 aromatic heterocycles. The molecule has 1 atom stereocenters. The Labute approximate surface area is 79.2 Å². The fourth-order valence-corrected chi connectivity index (χ4v) is 1.14. The number of carbonyl (C=O) groups excluding carboxylic acids is 1. The summed E-state index contributed by atoms with van der Waals surface area (Å²) in [5.41, 5.74) is 2.70. The number of halogens is 1. The van der Waals surface area contributed by atoms with E-state index < -0.39 is 12.0 Å². The molecule has 5 nitrogen and oxygen atoms in total. The van der Waals surface area contributed by atoms with Crippen LogP contribution < -0.4 is 10.8 Å². The fourth-order valence-electron chi connectivity index (χ4n) is 1.14. The minimum absolute atomic E-state index is 0.225. The largest absolute Gasteiger partial charge is 0.372 e. The van der Waals surface area contributed by atoms with Gasteiger partial charge in [-0.25, -0.2) is 10.5 Å². The van der Waals surface area contributed by atoms with Gasteiger partial charge in [-0.3, -0.25) is 9.63 Å². The predicted molar refractivity (Wildman–Crippen MR) is 45.7 cm³/mol. The van der Waals surface area contributed by atoms with Gasteiger partial charge in [-0.2, -0.15) is 4.39 Å². The number of aromatic nitrogens is 1. The maximum absolute atomic E-state index is 12.7. The van der Waals surface area contributed by atoms with E-state index in [2.05, 4.69) is 15.8 Å². The van der Waals surface area contributed by atoms with Crippen LogP contribution in [0.1, 0.15) is 0 Å². The Morgan fingerprint density at radius 2 is 2.57 bits per heavy atom. The van der Waals surface area contributed by atoms with E-state index in [1.165, 1.54) is 12.3 Å². The summed E-state index contributed by atoms with van der Waals surface area (Å²) in [6.45, 7) is 0.225. The maximum atomic E-state index is 12.7. The first-order valence-electron chi connectivity index (χ1n) is 4.05. The summed E-state index contributed by atoms with van der Waals surface area (Å²) in [6.07, 6.45) is 1.32. The van der Waals surface area contributed by atoms with E-state index in [4.69, 9.17) is 4.84 Å². The molecule has 1 aliphatic rings. The zero-order chi connectivity index (χ0) is 9.97. The maximum Gasteiger partial charge on any atom is 0.268 e. The van der Waals surface area contributed by atoms with Gasteiger partial charge in [-0.15, -0.1) is 0 Å². The van der Waals surface area contributed by atoms with E-state index in [0.717, 1.165) is 0 Å². The van der Waals surface area contributed by atoms with Gasteiger partial charge in [0.2, 0.25) is 5.95 Å². The first-order chi connectivity index (χ1) is 6.75. The van der Waals surface area contributed by atoms with Crippen molar-refractivity contribution in [3.63, 3.8) is 0 Å². The molecule has 0 saturated carbocycles. The van der Waals surface area contributed by atoms with E-state index in [1.807, 2.05) is 0 Å². The normalized spacial score (nSPS) is 20.6. The van der Waals surface area contributed by atoms with Crippen molar-refractivity contribution in [2.75, 3.05) is 11.9 Å². The van der Waals surface area contributed by atoms with Gasteiger partial charge in [-0.05, 0) is 6.07 Å². The van der Waals surface area contributed by atoms with Crippen LogP contribution in [0.4, 0.5) is 10.1 Å². The summed E-state index contributed by atoms with van der Waals surface area (Å²) >= 11 is 0. The molecule has 1 aliphatic heterocycles. The highest BCUT2D eigenvalue weighted by molar-refractivity contribution is 5.85. The number of amides is 1. The van der Waals surface area contributed by atoms with Crippen LogP contribution in [0.25, 0.3) is 0 Å². The third kappa shape index (κ3) is 1.80. The molecule has 0 bridgehead atoms. The van der Waals surface area contributed by atoms with Crippen LogP contribution in [0.3, 0.4) is 0 Å². The van der Waals surface area contributed by atoms with Gasteiger partial charge < -0.3 is 5.32 Å². The van der Waals surface area contributed by atoms with Gasteiger partial charge in [0.25, 0.3) is 5.91 Å². The van der Waals surface area contributed by atoms with Gasteiger partial charge in [0.1, 0.15) is 12.6 Å². The van der Waals surface area contributed by atoms with E-state index >= 15 is 0 Å². The van der Waals surface area contributed by atoms with Crippen molar-refractivity contribution in [2.24, 2.45) is 0 Å². The van der Waals surface area contributed by atoms with Crippen LogP contribution in [0.2, 0.25) is 0 Å². The number of nitrogens with zero attached hydrogens (tertiary/aromatic N) is 1. The number of carbonyl (C=O) groups is 1. The number of rotatable bonds is 2. The third-order valence-electron chi connectivity index (χ3n) is 1.81. The molecule has 1 amide bonds. The summed E-state index contributed by atoms with van der Waals surface area (Å²) in [5, 5.41) is 2.81. The molecule has 0 spiro atoms. The van der Waals surface area contributed by atoms with Gasteiger partial charge >= 0.3 is 0 Å². The Morgan fingerprint density at radius 3 is 3.21 bits per heavy atom. The summed E-state index contributed by atoms with van der Waals surface area (Å²) in [5.74, 6) is -0.850. The van der Waals surface area contributed by atoms with Crippen molar-refractivity contribution in [3.8, 4) is 0 Å². The molecule has 2 N–H and O–H groups in total. The minimum atomic E-state index is -0.589. The highest BCUT2D eigenvalue weighted by atomic mass is 19.1. The van der Waals surface area contributed by atoms with E-state index in [1.54, 1.807) is 6.07 Å². The lowest BCUT2D eigenvalue weighted by atomic mass is 10.3. The first kappa shape index (κ1) is 8.89. The van der Waals surface area contributed by atoms with Crippen LogP contribution in [-0.4, -0.2) is 23.5 Å². The van der Waals surface area contributed by atoms with Gasteiger partial charge in [-0.1, -0.05) is 0 Å². The van der Waals surface area contributed by atoms with Crippen molar-refractivity contribution in [1.82, 2.24) is 10.5 Å². The molecule has 2 heterocycles. The Balaban J connectivity index is 2.07. The van der Waals surface area contributed by atoms with Crippen LogP contribution in [0.15, 0.2) is 18.3 Å². The molecular formula is C8H8FN3O2. The molecular weight excluding hydrogens is 189 g/mol. The zero-order valence-electron chi connectivity index (χ0n) is 7.16. The SMILES string of the molecule is O=C1NOCC1Nc1ccnc(F)c1. The van der Waals surface area contributed by atoms with Gasteiger partial charge in [0.15, 0.2) is 0 Å². The van der Waals surface area contributed by atoms with Crippen LogP contribution >= 0.6 is 0 Å². The van der Waals surface area contributed by atoms with Crippen molar-refractivity contribution < 1.29 is 14.0 Å². The number of anilines is 1. The molecule has 6 heteroatoms. The fraction of sp³-hybridized carbons (Fsp3) is 0.250. The standard InChI is InChI=1S/C8H8FN3O2/c9-7-3-5(1-2-10-7)11-6-4-14-12-8(6)13/h1-3,6H,4H2,(H,10,11)(H,12,13). The minimum Gasteiger partial charge on any atom is -0.372 e. The lowest BCUT2D eigenvalue weighted by Gasteiger charge is -2.08. The third-order valence-corrected chi connectivity index (χ3v) is 1.81. The summed E-state index contributed by atoms with van der Waals surface area (Å²) in [7, 11) is 0. The molecule has 2 rings (SSSR count). The van der Waals surface area contributed by atoms with Crippen molar-refractivity contribution in [2.45, 2.75) is 6.04 Å². The molecule has 1 saturated heterocycles. The Bertz CT molecular complexity index is 358. The number of hydroxylamine groups is 1. The van der Waals surface area contributed by atoms with Crippen LogP contribution in [0, 0.1) is 5.95 Å². The quantitative estimate of drug-likeness (QED) is 0.658. The first-order valence-corrected chi connectivity index (χ1v) is 4.05. The van der Waals surface area contributed by atoms with E-state index in [0.29, 0.717) is 5.69 Å². The topological polar surface area (TPSA) is 63.2 Å². The summed E-state index contributed by atoms with van der Waals surface area (Å²) in [4.78, 5) is 19.2. The number of nitrogens with one attached hydrogen (secondary N) is 2. The zero-order valence-corrected chi connectivity index (χ0v) is 7.16.